The van der Waals surface area contributed by atoms with E-state index in [-0.39, 0.29) is 17.8 Å². The Morgan fingerprint density at radius 1 is 1.62 bits per heavy atom. The molecule has 0 heterocycles. The highest BCUT2D eigenvalue weighted by Crippen LogP contribution is 2.23. The molecule has 13 heavy (non-hydrogen) atoms. The fraction of sp³-hybridized carbons (Fsp3) is 0.250. The molecule has 0 spiro atoms. The van der Waals surface area contributed by atoms with Gasteiger partial charge in [-0.3, -0.25) is 10.1 Å². The van der Waals surface area contributed by atoms with Crippen LogP contribution in [-0.4, -0.2) is 4.92 Å². The third-order valence-electron chi connectivity index (χ3n) is 1.75. The zero-order valence-electron chi connectivity index (χ0n) is 7.08. The van der Waals surface area contributed by atoms with Crippen LogP contribution in [-0.2, 0) is 6.54 Å². The van der Waals surface area contributed by atoms with E-state index in [2.05, 4.69) is 0 Å². The third-order valence-corrected chi connectivity index (χ3v) is 1.75. The highest BCUT2D eigenvalue weighted by Gasteiger charge is 2.17. The lowest BCUT2D eigenvalue weighted by atomic mass is 10.1. The minimum Gasteiger partial charge on any atom is -0.326 e. The molecule has 5 heteroatoms. The van der Waals surface area contributed by atoms with Crippen molar-refractivity contribution < 1.29 is 9.31 Å². The molecule has 0 aliphatic carbocycles. The lowest BCUT2D eigenvalue weighted by molar-refractivity contribution is -0.386. The Bertz CT molecular complexity index is 352. The number of nitrogens with zero attached hydrogens (tertiary/aromatic N) is 1. The standard InChI is InChI=1S/C8H9FN2O2/c1-5-2-7(9)3-6(4-10)8(5)11(12)13/h2-3H,4,10H2,1H3. The molecule has 0 aromatic heterocycles. The lowest BCUT2D eigenvalue weighted by Gasteiger charge is -2.02. The molecule has 2 N–H and O–H groups in total. The van der Waals surface area contributed by atoms with Gasteiger partial charge < -0.3 is 5.73 Å². The normalized spacial score (nSPS) is 10.1. The summed E-state index contributed by atoms with van der Waals surface area (Å²) in [5.74, 6) is -0.497. The maximum atomic E-state index is 12.8. The van der Waals surface area contributed by atoms with Gasteiger partial charge in [-0.2, -0.15) is 0 Å². The van der Waals surface area contributed by atoms with Gasteiger partial charge in [-0.25, -0.2) is 4.39 Å². The number of hydrogen-bond acceptors (Lipinski definition) is 3. The highest BCUT2D eigenvalue weighted by molar-refractivity contribution is 5.47. The van der Waals surface area contributed by atoms with E-state index in [9.17, 15) is 14.5 Å². The second-order valence-electron chi connectivity index (χ2n) is 2.69. The molecule has 0 fully saturated rings. The zero-order chi connectivity index (χ0) is 10.0. The molecule has 1 aromatic rings. The molecule has 0 unspecified atom stereocenters. The van der Waals surface area contributed by atoms with Crippen LogP contribution in [0, 0.1) is 22.9 Å². The quantitative estimate of drug-likeness (QED) is 0.559. The molecule has 0 saturated carbocycles. The molecule has 0 saturated heterocycles. The number of halogens is 1. The first-order chi connectivity index (χ1) is 6.06. The number of rotatable bonds is 2. The average Bonchev–Trinajstić information content (AvgIpc) is 2.01. The largest absolute Gasteiger partial charge is 0.326 e. The Labute approximate surface area is 74.3 Å². The van der Waals surface area contributed by atoms with Gasteiger partial charge in [0.2, 0.25) is 0 Å². The van der Waals surface area contributed by atoms with Crippen molar-refractivity contribution in [1.29, 1.82) is 0 Å². The molecule has 1 aromatic carbocycles. The van der Waals surface area contributed by atoms with Crippen LogP contribution in [0.15, 0.2) is 12.1 Å². The van der Waals surface area contributed by atoms with Crippen molar-refractivity contribution in [2.75, 3.05) is 0 Å². The topological polar surface area (TPSA) is 69.2 Å². The van der Waals surface area contributed by atoms with E-state index in [0.29, 0.717) is 5.56 Å². The first kappa shape index (κ1) is 9.60. The van der Waals surface area contributed by atoms with Crippen LogP contribution in [0.4, 0.5) is 10.1 Å². The van der Waals surface area contributed by atoms with E-state index in [4.69, 9.17) is 5.73 Å². The van der Waals surface area contributed by atoms with Crippen LogP contribution in [0.25, 0.3) is 0 Å². The van der Waals surface area contributed by atoms with Gasteiger partial charge in [0.1, 0.15) is 5.82 Å². The van der Waals surface area contributed by atoms with Crippen molar-refractivity contribution >= 4 is 5.69 Å². The van der Waals surface area contributed by atoms with Crippen molar-refractivity contribution in [2.45, 2.75) is 13.5 Å². The number of benzene rings is 1. The second kappa shape index (κ2) is 3.49. The summed E-state index contributed by atoms with van der Waals surface area (Å²) >= 11 is 0. The summed E-state index contributed by atoms with van der Waals surface area (Å²) in [5.41, 5.74) is 5.68. The van der Waals surface area contributed by atoms with Crippen molar-refractivity contribution in [3.8, 4) is 0 Å². The molecule has 0 bridgehead atoms. The van der Waals surface area contributed by atoms with E-state index in [1.165, 1.54) is 6.92 Å². The Kier molecular flexibility index (Phi) is 2.57. The van der Waals surface area contributed by atoms with E-state index < -0.39 is 10.7 Å². The maximum absolute atomic E-state index is 12.8. The summed E-state index contributed by atoms with van der Waals surface area (Å²) in [6, 6.07) is 2.21. The van der Waals surface area contributed by atoms with Crippen molar-refractivity contribution in [2.24, 2.45) is 5.73 Å². The predicted molar refractivity (Wildman–Crippen MR) is 45.7 cm³/mol. The van der Waals surface area contributed by atoms with Gasteiger partial charge in [-0.1, -0.05) is 0 Å². The minimum absolute atomic E-state index is 0.0328. The number of hydrogen-bond donors (Lipinski definition) is 1. The lowest BCUT2D eigenvalue weighted by Crippen LogP contribution is -2.04. The van der Waals surface area contributed by atoms with Gasteiger partial charge in [-0.15, -0.1) is 0 Å². The van der Waals surface area contributed by atoms with Gasteiger partial charge in [0.15, 0.2) is 0 Å². The molecule has 0 aliphatic heterocycles. The third kappa shape index (κ3) is 1.81. The Morgan fingerprint density at radius 2 is 2.23 bits per heavy atom. The Hall–Kier alpha value is -1.49. The van der Waals surface area contributed by atoms with Crippen molar-refractivity contribution in [1.82, 2.24) is 0 Å². The highest BCUT2D eigenvalue weighted by atomic mass is 19.1. The fourth-order valence-electron chi connectivity index (χ4n) is 1.22. The van der Waals surface area contributed by atoms with Crippen molar-refractivity contribution in [3.63, 3.8) is 0 Å². The van der Waals surface area contributed by atoms with E-state index in [1.54, 1.807) is 0 Å². The summed E-state index contributed by atoms with van der Waals surface area (Å²) in [6.07, 6.45) is 0. The van der Waals surface area contributed by atoms with E-state index in [0.717, 1.165) is 12.1 Å². The molecule has 0 amide bonds. The maximum Gasteiger partial charge on any atom is 0.276 e. The fourth-order valence-corrected chi connectivity index (χ4v) is 1.22. The van der Waals surface area contributed by atoms with Crippen LogP contribution in [0.1, 0.15) is 11.1 Å². The first-order valence-corrected chi connectivity index (χ1v) is 3.69. The van der Waals surface area contributed by atoms with Crippen LogP contribution in [0.5, 0.6) is 0 Å². The summed E-state index contributed by atoms with van der Waals surface area (Å²) in [6.45, 7) is 1.45. The molecular weight excluding hydrogens is 175 g/mol. The molecule has 1 rings (SSSR count). The summed E-state index contributed by atoms with van der Waals surface area (Å²) in [4.78, 5) is 10.00. The number of aryl methyl sites for hydroxylation is 1. The number of nitro groups is 1. The molecule has 4 nitrogen and oxygen atoms in total. The minimum atomic E-state index is -0.545. The number of nitrogens with two attached hydrogens (primary N) is 1. The first-order valence-electron chi connectivity index (χ1n) is 3.69. The monoisotopic (exact) mass is 184 g/mol. The molecule has 0 radical (unpaired) electrons. The van der Waals surface area contributed by atoms with Crippen LogP contribution in [0.2, 0.25) is 0 Å². The smallest absolute Gasteiger partial charge is 0.276 e. The summed E-state index contributed by atoms with van der Waals surface area (Å²) < 4.78 is 12.8. The molecule has 0 aliphatic rings. The van der Waals surface area contributed by atoms with E-state index >= 15 is 0 Å². The van der Waals surface area contributed by atoms with Crippen LogP contribution in [0.3, 0.4) is 0 Å². The SMILES string of the molecule is Cc1cc(F)cc(CN)c1[N+](=O)[O-]. The summed E-state index contributed by atoms with van der Waals surface area (Å²) in [7, 11) is 0. The van der Waals surface area contributed by atoms with Gasteiger partial charge >= 0.3 is 0 Å². The Balaban J connectivity index is 3.38. The van der Waals surface area contributed by atoms with Gasteiger partial charge in [0.25, 0.3) is 5.69 Å². The summed E-state index contributed by atoms with van der Waals surface area (Å²) in [5, 5.41) is 10.5. The van der Waals surface area contributed by atoms with Crippen LogP contribution < -0.4 is 5.73 Å². The number of nitro benzene ring substituents is 1. The van der Waals surface area contributed by atoms with Gasteiger partial charge in [-0.05, 0) is 19.1 Å². The molecular formula is C8H9FN2O2. The second-order valence-corrected chi connectivity index (χ2v) is 2.69. The van der Waals surface area contributed by atoms with Crippen molar-refractivity contribution in [3.05, 3.63) is 39.2 Å². The Morgan fingerprint density at radius 3 is 2.69 bits per heavy atom. The molecule has 70 valence electrons. The average molecular weight is 184 g/mol. The zero-order valence-corrected chi connectivity index (χ0v) is 7.08. The van der Waals surface area contributed by atoms with E-state index in [1.807, 2.05) is 0 Å². The molecule has 0 atom stereocenters. The van der Waals surface area contributed by atoms with Gasteiger partial charge in [0, 0.05) is 17.7 Å². The van der Waals surface area contributed by atoms with Crippen LogP contribution >= 0.6 is 0 Å². The van der Waals surface area contributed by atoms with Gasteiger partial charge in [0.05, 0.1) is 4.92 Å². The predicted octanol–water partition coefficient (Wildman–Crippen LogP) is 1.50.